The summed E-state index contributed by atoms with van der Waals surface area (Å²) in [5.41, 5.74) is 3.05. The second-order valence-corrected chi connectivity index (χ2v) is 5.54. The second kappa shape index (κ2) is 6.24. The average molecular weight is 310 g/mol. The monoisotopic (exact) mass is 310 g/mol. The van der Waals surface area contributed by atoms with Crippen LogP contribution < -0.4 is 10.2 Å². The van der Waals surface area contributed by atoms with Gasteiger partial charge in [-0.05, 0) is 38.5 Å². The van der Waals surface area contributed by atoms with Crippen LogP contribution in [0.5, 0.6) is 0 Å². The van der Waals surface area contributed by atoms with Gasteiger partial charge in [0.2, 0.25) is 5.95 Å². The van der Waals surface area contributed by atoms with Crippen molar-refractivity contribution in [1.29, 1.82) is 0 Å². The van der Waals surface area contributed by atoms with Crippen LogP contribution in [0.25, 0.3) is 11.0 Å². The molecule has 120 valence electrons. The van der Waals surface area contributed by atoms with Crippen LogP contribution in [0.2, 0.25) is 0 Å². The predicted octanol–water partition coefficient (Wildman–Crippen LogP) is 3.26. The summed E-state index contributed by atoms with van der Waals surface area (Å²) in [7, 11) is 1.90. The molecule has 3 aromatic rings. The molecule has 0 aliphatic rings. The largest absolute Gasteiger partial charge is 0.341 e. The van der Waals surface area contributed by atoms with E-state index >= 15 is 0 Å². The molecule has 0 saturated carbocycles. The van der Waals surface area contributed by atoms with Crippen LogP contribution in [0.15, 0.2) is 30.5 Å². The predicted molar refractivity (Wildman–Crippen MR) is 94.3 cm³/mol. The van der Waals surface area contributed by atoms with Gasteiger partial charge in [-0.1, -0.05) is 12.1 Å². The van der Waals surface area contributed by atoms with Crippen molar-refractivity contribution in [2.45, 2.75) is 20.8 Å². The minimum atomic E-state index is 0.723. The number of hydrogen-bond donors (Lipinski definition) is 1. The molecular weight excluding hydrogens is 288 g/mol. The van der Waals surface area contributed by atoms with Gasteiger partial charge in [-0.2, -0.15) is 15.1 Å². The minimum Gasteiger partial charge on any atom is -0.341 e. The Hall–Kier alpha value is -2.63. The Morgan fingerprint density at radius 3 is 2.65 bits per heavy atom. The van der Waals surface area contributed by atoms with Gasteiger partial charge in [0.05, 0.1) is 11.6 Å². The highest BCUT2D eigenvalue weighted by Gasteiger charge is 2.14. The number of aryl methyl sites for hydroxylation is 2. The lowest BCUT2D eigenvalue weighted by Gasteiger charge is -2.19. The van der Waals surface area contributed by atoms with Gasteiger partial charge in [-0.3, -0.25) is 4.68 Å². The SMILES string of the molecule is CCN(CC)c1nc(Nc2cccc(C)c2)c2cnn(C)c2n1. The Morgan fingerprint density at radius 1 is 1.17 bits per heavy atom. The van der Waals surface area contributed by atoms with E-state index in [1.807, 2.05) is 19.2 Å². The van der Waals surface area contributed by atoms with Gasteiger partial charge in [0, 0.05) is 25.8 Å². The maximum absolute atomic E-state index is 4.73. The van der Waals surface area contributed by atoms with E-state index in [0.717, 1.165) is 41.6 Å². The van der Waals surface area contributed by atoms with Crippen LogP contribution >= 0.6 is 0 Å². The molecule has 0 atom stereocenters. The summed E-state index contributed by atoms with van der Waals surface area (Å²) in [6, 6.07) is 8.24. The molecule has 0 amide bonds. The highest BCUT2D eigenvalue weighted by Crippen LogP contribution is 2.26. The molecule has 2 aromatic heterocycles. The number of fused-ring (bicyclic) bond motifs is 1. The van der Waals surface area contributed by atoms with Gasteiger partial charge in [0.1, 0.15) is 5.82 Å². The molecule has 3 rings (SSSR count). The molecule has 1 N–H and O–H groups in total. The van der Waals surface area contributed by atoms with Gasteiger partial charge >= 0.3 is 0 Å². The number of nitrogens with one attached hydrogen (secondary N) is 1. The molecule has 6 nitrogen and oxygen atoms in total. The summed E-state index contributed by atoms with van der Waals surface area (Å²) in [6.07, 6.45) is 1.81. The van der Waals surface area contributed by atoms with Crippen molar-refractivity contribution in [3.05, 3.63) is 36.0 Å². The standard InChI is InChI=1S/C17H22N6/c1-5-23(6-2)17-20-15(14-11-18-22(4)16(14)21-17)19-13-9-7-8-12(3)10-13/h7-11H,5-6H2,1-4H3,(H,19,20,21). The van der Waals surface area contributed by atoms with Crippen LogP contribution in [0.4, 0.5) is 17.5 Å². The minimum absolute atomic E-state index is 0.723. The van der Waals surface area contributed by atoms with E-state index in [0.29, 0.717) is 0 Å². The fourth-order valence-electron chi connectivity index (χ4n) is 2.61. The summed E-state index contributed by atoms with van der Waals surface area (Å²) in [4.78, 5) is 11.5. The second-order valence-electron chi connectivity index (χ2n) is 5.54. The molecule has 0 radical (unpaired) electrons. The van der Waals surface area contributed by atoms with E-state index in [1.54, 1.807) is 10.9 Å². The number of hydrogen-bond acceptors (Lipinski definition) is 5. The molecule has 0 fully saturated rings. The quantitative estimate of drug-likeness (QED) is 0.784. The van der Waals surface area contributed by atoms with Gasteiger partial charge < -0.3 is 10.2 Å². The maximum atomic E-state index is 4.73. The lowest BCUT2D eigenvalue weighted by atomic mass is 10.2. The zero-order valence-electron chi connectivity index (χ0n) is 14.0. The van der Waals surface area contributed by atoms with Gasteiger partial charge in [-0.25, -0.2) is 0 Å². The fraction of sp³-hybridized carbons (Fsp3) is 0.353. The lowest BCUT2D eigenvalue weighted by Crippen LogP contribution is -2.24. The van der Waals surface area contributed by atoms with Crippen LogP contribution in [0.3, 0.4) is 0 Å². The van der Waals surface area contributed by atoms with Gasteiger partial charge in [0.25, 0.3) is 0 Å². The summed E-state index contributed by atoms with van der Waals surface area (Å²) in [6.45, 7) is 8.02. The van der Waals surface area contributed by atoms with Crippen molar-refractivity contribution in [2.24, 2.45) is 7.05 Å². The summed E-state index contributed by atoms with van der Waals surface area (Å²) in [5.74, 6) is 1.51. The Bertz CT molecular complexity index is 819. The molecule has 23 heavy (non-hydrogen) atoms. The van der Waals surface area contributed by atoms with E-state index in [-0.39, 0.29) is 0 Å². The third-order valence-electron chi connectivity index (χ3n) is 3.91. The molecule has 0 unspecified atom stereocenters. The number of rotatable bonds is 5. The molecule has 0 spiro atoms. The Morgan fingerprint density at radius 2 is 1.96 bits per heavy atom. The van der Waals surface area contributed by atoms with E-state index in [9.17, 15) is 0 Å². The highest BCUT2D eigenvalue weighted by atomic mass is 15.3. The average Bonchev–Trinajstić information content (AvgIpc) is 2.91. The first-order valence-corrected chi connectivity index (χ1v) is 7.90. The first-order valence-electron chi connectivity index (χ1n) is 7.90. The van der Waals surface area contributed by atoms with Crippen LogP contribution in [-0.2, 0) is 7.05 Å². The van der Waals surface area contributed by atoms with Gasteiger partial charge in [0.15, 0.2) is 5.65 Å². The molecule has 0 saturated heterocycles. The maximum Gasteiger partial charge on any atom is 0.229 e. The Labute approximate surface area is 136 Å². The van der Waals surface area contributed by atoms with Crippen molar-refractivity contribution in [1.82, 2.24) is 19.7 Å². The number of anilines is 3. The van der Waals surface area contributed by atoms with Crippen molar-refractivity contribution < 1.29 is 0 Å². The van der Waals surface area contributed by atoms with Crippen molar-refractivity contribution >= 4 is 28.5 Å². The van der Waals surface area contributed by atoms with E-state index in [1.165, 1.54) is 5.56 Å². The van der Waals surface area contributed by atoms with E-state index < -0.39 is 0 Å². The zero-order chi connectivity index (χ0) is 16.4. The normalized spacial score (nSPS) is 11.0. The molecule has 2 heterocycles. The summed E-state index contributed by atoms with van der Waals surface area (Å²) < 4.78 is 1.78. The van der Waals surface area contributed by atoms with Crippen LogP contribution in [0.1, 0.15) is 19.4 Å². The Balaban J connectivity index is 2.10. The topological polar surface area (TPSA) is 58.9 Å². The molecule has 1 aromatic carbocycles. The van der Waals surface area contributed by atoms with Crippen LogP contribution in [0, 0.1) is 6.92 Å². The van der Waals surface area contributed by atoms with Crippen molar-refractivity contribution in [3.8, 4) is 0 Å². The number of aromatic nitrogens is 4. The molecule has 0 aliphatic heterocycles. The lowest BCUT2D eigenvalue weighted by molar-refractivity contribution is 0.776. The first kappa shape index (κ1) is 15.3. The fourth-order valence-corrected chi connectivity index (χ4v) is 2.61. The molecule has 6 heteroatoms. The van der Waals surface area contributed by atoms with Gasteiger partial charge in [-0.15, -0.1) is 0 Å². The summed E-state index contributed by atoms with van der Waals surface area (Å²) >= 11 is 0. The van der Waals surface area contributed by atoms with Crippen LogP contribution in [-0.4, -0.2) is 32.8 Å². The van der Waals surface area contributed by atoms with E-state index in [2.05, 4.69) is 53.2 Å². The number of nitrogens with zero attached hydrogens (tertiary/aromatic N) is 5. The molecule has 0 aliphatic carbocycles. The van der Waals surface area contributed by atoms with Crippen molar-refractivity contribution in [2.75, 3.05) is 23.3 Å². The third kappa shape index (κ3) is 2.97. The highest BCUT2D eigenvalue weighted by molar-refractivity contribution is 5.89. The van der Waals surface area contributed by atoms with Crippen molar-refractivity contribution in [3.63, 3.8) is 0 Å². The summed E-state index contributed by atoms with van der Waals surface area (Å²) in [5, 5.41) is 8.66. The Kier molecular flexibility index (Phi) is 4.14. The first-order chi connectivity index (χ1) is 11.1. The third-order valence-corrected chi connectivity index (χ3v) is 3.91. The number of benzene rings is 1. The zero-order valence-corrected chi connectivity index (χ0v) is 14.0. The molecule has 0 bridgehead atoms. The smallest absolute Gasteiger partial charge is 0.229 e. The molecular formula is C17H22N6. The van der Waals surface area contributed by atoms with E-state index in [4.69, 9.17) is 4.98 Å².